The van der Waals surface area contributed by atoms with Gasteiger partial charge in [0, 0.05) is 24.3 Å². The molecule has 2 aromatic rings. The van der Waals surface area contributed by atoms with Crippen LogP contribution in [0.15, 0.2) is 34.8 Å². The van der Waals surface area contributed by atoms with Crippen molar-refractivity contribution in [2.45, 2.75) is 52.1 Å². The van der Waals surface area contributed by atoms with Gasteiger partial charge < -0.3 is 13.9 Å². The first-order valence-corrected chi connectivity index (χ1v) is 11.0. The fraction of sp³-hybridized carbons (Fsp3) is 0.500. The van der Waals surface area contributed by atoms with E-state index in [0.29, 0.717) is 41.2 Å². The average molecular weight is 430 g/mol. The lowest BCUT2D eigenvalue weighted by molar-refractivity contribution is -0.114. The van der Waals surface area contributed by atoms with Gasteiger partial charge >= 0.3 is 0 Å². The molecule has 4 rings (SSSR count). The highest BCUT2D eigenvalue weighted by Gasteiger charge is 2.26. The van der Waals surface area contributed by atoms with Crippen molar-refractivity contribution < 1.29 is 18.7 Å². The molecule has 2 unspecified atom stereocenters. The van der Waals surface area contributed by atoms with Crippen molar-refractivity contribution in [1.82, 2.24) is 4.98 Å². The van der Waals surface area contributed by atoms with Gasteiger partial charge in [-0.05, 0) is 55.9 Å². The highest BCUT2D eigenvalue weighted by molar-refractivity contribution is 6.32. The molecule has 0 spiro atoms. The van der Waals surface area contributed by atoms with E-state index in [4.69, 9.17) is 30.5 Å². The number of aryl methyl sites for hydroxylation is 1. The van der Waals surface area contributed by atoms with Crippen LogP contribution in [0, 0.1) is 11.8 Å². The molecule has 1 saturated carbocycles. The molecule has 30 heavy (non-hydrogen) atoms. The van der Waals surface area contributed by atoms with Crippen LogP contribution in [0.2, 0.25) is 5.02 Å². The highest BCUT2D eigenvalue weighted by Crippen LogP contribution is 2.35. The molecule has 2 aliphatic carbocycles. The SMILES string of the molecule is C=C(C(C)=O)C(C)COC1CCc2oc(-c3ccc(OCC4CC4)c(Cl)c3)nc2C1. The molecule has 160 valence electrons. The highest BCUT2D eigenvalue weighted by atomic mass is 35.5. The minimum absolute atomic E-state index is 0.0135. The van der Waals surface area contributed by atoms with E-state index in [9.17, 15) is 4.79 Å². The zero-order valence-corrected chi connectivity index (χ0v) is 18.3. The van der Waals surface area contributed by atoms with E-state index in [2.05, 4.69) is 6.58 Å². The van der Waals surface area contributed by atoms with E-state index in [1.807, 2.05) is 25.1 Å². The molecule has 1 heterocycles. The number of halogens is 1. The molecule has 1 fully saturated rings. The summed E-state index contributed by atoms with van der Waals surface area (Å²) in [6, 6.07) is 5.68. The molecular weight excluding hydrogens is 402 g/mol. The van der Waals surface area contributed by atoms with Crippen molar-refractivity contribution in [1.29, 1.82) is 0 Å². The Hall–Kier alpha value is -2.11. The van der Waals surface area contributed by atoms with E-state index in [1.165, 1.54) is 12.8 Å². The Morgan fingerprint density at radius 1 is 1.37 bits per heavy atom. The van der Waals surface area contributed by atoms with E-state index >= 15 is 0 Å². The van der Waals surface area contributed by atoms with Gasteiger partial charge in [0.1, 0.15) is 11.5 Å². The number of carbonyl (C=O) groups is 1. The van der Waals surface area contributed by atoms with Gasteiger partial charge in [0.25, 0.3) is 0 Å². The van der Waals surface area contributed by atoms with Gasteiger partial charge in [-0.3, -0.25) is 4.79 Å². The van der Waals surface area contributed by atoms with Crippen molar-refractivity contribution in [2.24, 2.45) is 11.8 Å². The predicted octanol–water partition coefficient (Wildman–Crippen LogP) is 5.44. The van der Waals surface area contributed by atoms with Gasteiger partial charge in [-0.25, -0.2) is 4.98 Å². The lowest BCUT2D eigenvalue weighted by Crippen LogP contribution is -2.25. The summed E-state index contributed by atoms with van der Waals surface area (Å²) >= 11 is 6.41. The van der Waals surface area contributed by atoms with Crippen LogP contribution < -0.4 is 4.74 Å². The Morgan fingerprint density at radius 2 is 2.17 bits per heavy atom. The summed E-state index contributed by atoms with van der Waals surface area (Å²) in [6.07, 6.45) is 4.91. The minimum atomic E-state index is 0.0135. The quantitative estimate of drug-likeness (QED) is 0.497. The van der Waals surface area contributed by atoms with Gasteiger partial charge in [-0.15, -0.1) is 0 Å². The van der Waals surface area contributed by atoms with Crippen LogP contribution in [-0.2, 0) is 22.4 Å². The summed E-state index contributed by atoms with van der Waals surface area (Å²) in [5.41, 5.74) is 2.39. The molecule has 1 aromatic carbocycles. The van der Waals surface area contributed by atoms with Gasteiger partial charge in [-0.1, -0.05) is 25.1 Å². The van der Waals surface area contributed by atoms with Crippen LogP contribution in [0.25, 0.3) is 11.5 Å². The molecular formula is C24H28ClNO4. The number of benzene rings is 1. The number of hydrogen-bond acceptors (Lipinski definition) is 5. The molecule has 2 aliphatic rings. The summed E-state index contributed by atoms with van der Waals surface area (Å²) < 4.78 is 17.9. The van der Waals surface area contributed by atoms with E-state index in [-0.39, 0.29) is 17.8 Å². The monoisotopic (exact) mass is 429 g/mol. The van der Waals surface area contributed by atoms with Crippen LogP contribution in [-0.4, -0.2) is 30.1 Å². The minimum Gasteiger partial charge on any atom is -0.492 e. The van der Waals surface area contributed by atoms with Crippen LogP contribution in [0.1, 0.15) is 44.6 Å². The number of ketones is 1. The second-order valence-electron chi connectivity index (χ2n) is 8.47. The zero-order chi connectivity index (χ0) is 21.3. The van der Waals surface area contributed by atoms with Gasteiger partial charge in [0.15, 0.2) is 5.78 Å². The summed E-state index contributed by atoms with van der Waals surface area (Å²) in [6.45, 7) is 8.57. The maximum Gasteiger partial charge on any atom is 0.226 e. The predicted molar refractivity (Wildman–Crippen MR) is 116 cm³/mol. The number of hydrogen-bond donors (Lipinski definition) is 0. The molecule has 5 nitrogen and oxygen atoms in total. The smallest absolute Gasteiger partial charge is 0.226 e. The second-order valence-corrected chi connectivity index (χ2v) is 8.88. The Kier molecular flexibility index (Phi) is 6.30. The Morgan fingerprint density at radius 3 is 2.87 bits per heavy atom. The molecule has 0 aliphatic heterocycles. The molecule has 0 radical (unpaired) electrons. The van der Waals surface area contributed by atoms with Crippen molar-refractivity contribution >= 4 is 17.4 Å². The molecule has 0 bridgehead atoms. The third-order valence-electron chi connectivity index (χ3n) is 5.87. The lowest BCUT2D eigenvalue weighted by atomic mass is 9.98. The number of nitrogens with zero attached hydrogens (tertiary/aromatic N) is 1. The molecule has 0 saturated heterocycles. The number of ether oxygens (including phenoxy) is 2. The fourth-order valence-corrected chi connectivity index (χ4v) is 3.82. The van der Waals surface area contributed by atoms with Gasteiger partial charge in [0.2, 0.25) is 5.89 Å². The number of Topliss-reactive ketones (excluding diaryl/α,β-unsaturated/α-hetero) is 1. The fourth-order valence-electron chi connectivity index (χ4n) is 3.58. The summed E-state index contributed by atoms with van der Waals surface area (Å²) in [7, 11) is 0. The van der Waals surface area contributed by atoms with Crippen LogP contribution in [0.3, 0.4) is 0 Å². The number of rotatable bonds is 9. The average Bonchev–Trinajstić information content (AvgIpc) is 3.46. The Bertz CT molecular complexity index is 947. The van der Waals surface area contributed by atoms with Gasteiger partial charge in [0.05, 0.1) is 30.0 Å². The first kappa shape index (κ1) is 21.1. The van der Waals surface area contributed by atoms with Crippen molar-refractivity contribution in [3.63, 3.8) is 0 Å². The van der Waals surface area contributed by atoms with Crippen LogP contribution >= 0.6 is 11.6 Å². The number of carbonyl (C=O) groups excluding carboxylic acids is 1. The first-order valence-electron chi connectivity index (χ1n) is 10.6. The Balaban J connectivity index is 1.38. The first-order chi connectivity index (χ1) is 14.4. The number of fused-ring (bicyclic) bond motifs is 1. The normalized spacial score (nSPS) is 19.2. The van der Waals surface area contributed by atoms with E-state index in [1.54, 1.807) is 6.92 Å². The molecule has 2 atom stereocenters. The third kappa shape index (κ3) is 4.96. The van der Waals surface area contributed by atoms with Gasteiger partial charge in [-0.2, -0.15) is 0 Å². The maximum atomic E-state index is 11.5. The summed E-state index contributed by atoms with van der Waals surface area (Å²) in [4.78, 5) is 16.2. The maximum absolute atomic E-state index is 11.5. The molecule has 0 N–H and O–H groups in total. The summed E-state index contributed by atoms with van der Waals surface area (Å²) in [5, 5.41) is 0.574. The van der Waals surface area contributed by atoms with E-state index in [0.717, 1.165) is 36.5 Å². The third-order valence-corrected chi connectivity index (χ3v) is 6.17. The largest absolute Gasteiger partial charge is 0.492 e. The molecule has 6 heteroatoms. The van der Waals surface area contributed by atoms with Crippen LogP contribution in [0.4, 0.5) is 0 Å². The zero-order valence-electron chi connectivity index (χ0n) is 17.6. The summed E-state index contributed by atoms with van der Waals surface area (Å²) in [5.74, 6) is 2.91. The van der Waals surface area contributed by atoms with Crippen molar-refractivity contribution in [3.05, 3.63) is 46.8 Å². The molecule has 0 amide bonds. The molecule has 1 aromatic heterocycles. The van der Waals surface area contributed by atoms with Crippen LogP contribution in [0.5, 0.6) is 5.75 Å². The van der Waals surface area contributed by atoms with Crippen molar-refractivity contribution in [2.75, 3.05) is 13.2 Å². The number of oxazole rings is 1. The Labute approximate surface area is 182 Å². The lowest BCUT2D eigenvalue weighted by Gasteiger charge is -2.23. The second kappa shape index (κ2) is 8.94. The van der Waals surface area contributed by atoms with E-state index < -0.39 is 0 Å². The topological polar surface area (TPSA) is 61.6 Å². The number of aromatic nitrogens is 1. The van der Waals surface area contributed by atoms with Crippen molar-refractivity contribution in [3.8, 4) is 17.2 Å². The standard InChI is InChI=1S/C24H28ClNO4/c1-14(15(2)16(3)27)12-28-19-7-9-23-21(11-19)26-24(30-23)18-6-8-22(20(25)10-18)29-13-17-4-5-17/h6,8,10,14,17,19H,2,4-5,7,9,11-13H2,1,3H3.